The molecular formula is C30H28ClFN8O8. The molecule has 0 aliphatic heterocycles. The van der Waals surface area contributed by atoms with E-state index in [-0.39, 0.29) is 58.6 Å². The molecule has 16 nitrogen and oxygen atoms in total. The molecule has 0 saturated heterocycles. The van der Waals surface area contributed by atoms with Gasteiger partial charge in [0.25, 0.3) is 22.7 Å². The summed E-state index contributed by atoms with van der Waals surface area (Å²) in [4.78, 5) is 73.4. The number of nitrogens with one attached hydrogen (secondary N) is 2. The summed E-state index contributed by atoms with van der Waals surface area (Å²) in [5, 5.41) is 18.4. The van der Waals surface area contributed by atoms with Crippen molar-refractivity contribution in [2.75, 3.05) is 18.2 Å². The third-order valence-corrected chi connectivity index (χ3v) is 6.84. The predicted octanol–water partition coefficient (Wildman–Crippen LogP) is 1.43. The monoisotopic (exact) mass is 682 g/mol. The average molecular weight is 683 g/mol. The number of nitrogens with two attached hydrogens (primary N) is 3. The van der Waals surface area contributed by atoms with E-state index in [1.807, 2.05) is 0 Å². The molecule has 0 saturated carbocycles. The average Bonchev–Trinajstić information content (AvgIpc) is 3.51. The van der Waals surface area contributed by atoms with Crippen LogP contribution in [0.25, 0.3) is 5.65 Å². The molecule has 9 N–H and O–H groups in total. The number of rotatable bonds is 9. The Kier molecular flexibility index (Phi) is 11.3. The molecule has 18 heteroatoms. The number of benzene rings is 2. The van der Waals surface area contributed by atoms with Gasteiger partial charge < -0.3 is 37.7 Å². The number of primary amides is 1. The Morgan fingerprint density at radius 3 is 2.29 bits per heavy atom. The number of anilines is 3. The molecule has 2 heterocycles. The number of amides is 2. The highest BCUT2D eigenvalue weighted by Crippen LogP contribution is 2.22. The van der Waals surface area contributed by atoms with Crippen LogP contribution in [-0.2, 0) is 11.3 Å². The van der Waals surface area contributed by atoms with Gasteiger partial charge in [-0.15, -0.1) is 12.4 Å². The Bertz CT molecular complexity index is 2110. The highest BCUT2D eigenvalue weighted by molar-refractivity contribution is 6.01. The summed E-state index contributed by atoms with van der Waals surface area (Å²) >= 11 is 0. The summed E-state index contributed by atoms with van der Waals surface area (Å²) < 4.78 is 19.0. The molecule has 0 fully saturated rings. The van der Waals surface area contributed by atoms with Gasteiger partial charge in [-0.05, 0) is 42.3 Å². The van der Waals surface area contributed by atoms with E-state index in [9.17, 15) is 38.3 Å². The second kappa shape index (κ2) is 14.9. The number of nitrogens with zero attached hydrogens (tertiary/aromatic N) is 3. The number of carbonyl (C=O) groups is 4. The number of hydrogen-bond donors (Lipinski definition) is 6. The van der Waals surface area contributed by atoms with Crippen molar-refractivity contribution in [2.24, 2.45) is 11.5 Å². The number of halogens is 2. The first-order chi connectivity index (χ1) is 22.3. The summed E-state index contributed by atoms with van der Waals surface area (Å²) in [5.74, 6) is -3.91. The van der Waals surface area contributed by atoms with Crippen molar-refractivity contribution in [1.82, 2.24) is 19.9 Å². The van der Waals surface area contributed by atoms with E-state index in [4.69, 9.17) is 17.2 Å². The molecule has 2 aromatic heterocycles. The highest BCUT2D eigenvalue weighted by Gasteiger charge is 2.22. The number of esters is 1. The van der Waals surface area contributed by atoms with Crippen LogP contribution in [0.5, 0.6) is 0 Å². The summed E-state index contributed by atoms with van der Waals surface area (Å²) in [6.45, 7) is 1.95. The van der Waals surface area contributed by atoms with Crippen LogP contribution in [0, 0.1) is 5.82 Å². The molecule has 0 spiro atoms. The maximum atomic E-state index is 13.4. The molecule has 2 amide bonds. The fourth-order valence-electron chi connectivity index (χ4n) is 4.25. The Morgan fingerprint density at radius 1 is 1.06 bits per heavy atom. The van der Waals surface area contributed by atoms with E-state index in [0.29, 0.717) is 16.7 Å². The van der Waals surface area contributed by atoms with Crippen LogP contribution in [0.3, 0.4) is 0 Å². The molecule has 0 aliphatic carbocycles. The second-order valence-corrected chi connectivity index (χ2v) is 9.89. The number of carbonyl (C=O) groups excluding carboxylic acids is 3. The maximum absolute atomic E-state index is 13.4. The first-order valence-electron chi connectivity index (χ1n) is 13.5. The Morgan fingerprint density at radius 2 is 1.73 bits per heavy atom. The smallest absolute Gasteiger partial charge is 0.354 e. The molecule has 0 unspecified atom stereocenters. The number of aromatic carboxylic acids is 1. The lowest BCUT2D eigenvalue weighted by Gasteiger charge is -2.15. The number of fused-ring (bicyclic) bond motifs is 1. The summed E-state index contributed by atoms with van der Waals surface area (Å²) in [7, 11) is 1.28. The van der Waals surface area contributed by atoms with Gasteiger partial charge in [0.05, 0.1) is 30.6 Å². The molecule has 1 atom stereocenters. The molecule has 5 rings (SSSR count). The lowest BCUT2D eigenvalue weighted by atomic mass is 10.1. The van der Waals surface area contributed by atoms with Crippen molar-refractivity contribution in [2.45, 2.75) is 19.5 Å². The number of hydrogen-bond acceptors (Lipinski definition) is 12. The van der Waals surface area contributed by atoms with Gasteiger partial charge in [0, 0.05) is 12.6 Å². The number of carboxylic acids is 1. The minimum Gasteiger partial charge on any atom is -0.477 e. The number of methoxy groups -OCH3 is 1. The summed E-state index contributed by atoms with van der Waals surface area (Å²) in [5.41, 5.74) is 15.3. The van der Waals surface area contributed by atoms with Crippen molar-refractivity contribution in [3.63, 3.8) is 0 Å². The summed E-state index contributed by atoms with van der Waals surface area (Å²) in [6, 6.07) is 11.2. The largest absolute Gasteiger partial charge is 0.477 e. The fraction of sp³-hybridized carbons (Fsp3) is 0.133. The number of aromatic nitrogens is 3. The molecule has 0 aliphatic rings. The van der Waals surface area contributed by atoms with Gasteiger partial charge in [-0.2, -0.15) is 5.10 Å². The topological polar surface area (TPSA) is 264 Å². The maximum Gasteiger partial charge on any atom is 0.354 e. The van der Waals surface area contributed by atoms with Crippen molar-refractivity contribution < 1.29 is 33.4 Å². The Hall–Kier alpha value is -6.20. The van der Waals surface area contributed by atoms with Gasteiger partial charge in [-0.1, -0.05) is 18.2 Å². The van der Waals surface area contributed by atoms with E-state index in [0.717, 1.165) is 16.8 Å². The SMILES string of the molecule is COC(=O)c1ccc([C@H](C)NC(=O)c2cc(C(=O)O)n3ncc(C(N)=O)c3n2)cc1.Cl.NCc1ccc(F)c(Nc2c(N)c(=O)c2=O)c1. The summed E-state index contributed by atoms with van der Waals surface area (Å²) in [6.07, 6.45) is 1.09. The first-order valence-corrected chi connectivity index (χ1v) is 13.5. The Balaban J connectivity index is 0.000000295. The number of carboxylic acid groups (broad SMARTS) is 1. The third-order valence-electron chi connectivity index (χ3n) is 6.84. The van der Waals surface area contributed by atoms with Crippen LogP contribution in [0.2, 0.25) is 0 Å². The molecule has 250 valence electrons. The van der Waals surface area contributed by atoms with Crippen molar-refractivity contribution in [3.8, 4) is 0 Å². The van der Waals surface area contributed by atoms with E-state index in [1.54, 1.807) is 31.2 Å². The standard InChI is InChI=1S/C19H17N5O6.C11H10FN3O2.ClH/c1-9(10-3-5-11(6-4-10)19(29)30-2)22-17(26)13-7-14(18(27)28)24-16(23-13)12(8-21-24)15(20)25;12-6-2-1-5(4-13)3-7(6)15-9-8(14)10(16)11(9)17;/h3-9H,1-2H3,(H2,20,25)(H,22,26)(H,27,28);1-3,15H,4,13-14H2;1H/t9-;;/m0../s1. The molecule has 5 aromatic rings. The van der Waals surface area contributed by atoms with Gasteiger partial charge in [-0.25, -0.2) is 23.5 Å². The van der Waals surface area contributed by atoms with E-state index in [2.05, 4.69) is 25.5 Å². The molecule has 48 heavy (non-hydrogen) atoms. The van der Waals surface area contributed by atoms with Crippen LogP contribution in [-0.4, -0.2) is 50.6 Å². The minimum absolute atomic E-state index is 0. The lowest BCUT2D eigenvalue weighted by molar-refractivity contribution is 0.0599. The van der Waals surface area contributed by atoms with Crippen molar-refractivity contribution in [1.29, 1.82) is 0 Å². The zero-order chi connectivity index (χ0) is 34.6. The van der Waals surface area contributed by atoms with Gasteiger partial charge in [0.1, 0.15) is 28.4 Å². The van der Waals surface area contributed by atoms with E-state index >= 15 is 0 Å². The van der Waals surface area contributed by atoms with Gasteiger partial charge >= 0.3 is 11.9 Å². The van der Waals surface area contributed by atoms with Gasteiger partial charge in [0.15, 0.2) is 11.3 Å². The Labute approximate surface area is 275 Å². The van der Waals surface area contributed by atoms with Crippen LogP contribution < -0.4 is 38.7 Å². The van der Waals surface area contributed by atoms with Crippen LogP contribution in [0.4, 0.5) is 21.5 Å². The zero-order valence-corrected chi connectivity index (χ0v) is 26.0. The van der Waals surface area contributed by atoms with Gasteiger partial charge in [0.2, 0.25) is 0 Å². The van der Waals surface area contributed by atoms with E-state index < -0.39 is 46.5 Å². The minimum atomic E-state index is -1.36. The van der Waals surface area contributed by atoms with Crippen molar-refractivity contribution >= 4 is 58.9 Å². The lowest BCUT2D eigenvalue weighted by Crippen LogP contribution is -2.36. The zero-order valence-electron chi connectivity index (χ0n) is 25.1. The molecule has 0 radical (unpaired) electrons. The van der Waals surface area contributed by atoms with Crippen LogP contribution >= 0.6 is 12.4 Å². The highest BCUT2D eigenvalue weighted by atomic mass is 35.5. The van der Waals surface area contributed by atoms with Crippen molar-refractivity contribution in [3.05, 3.63) is 115 Å². The number of nitrogen functional groups attached to an aromatic ring is 1. The van der Waals surface area contributed by atoms with Gasteiger partial charge in [-0.3, -0.25) is 19.2 Å². The normalized spacial score (nSPS) is 11.1. The molecule has 0 bridgehead atoms. The fourth-order valence-corrected chi connectivity index (χ4v) is 4.25. The van der Waals surface area contributed by atoms with E-state index in [1.165, 1.54) is 25.3 Å². The second-order valence-electron chi connectivity index (χ2n) is 9.89. The third kappa shape index (κ3) is 7.43. The first kappa shape index (κ1) is 36.3. The van der Waals surface area contributed by atoms with Crippen LogP contribution in [0.1, 0.15) is 65.8 Å². The molecular weight excluding hydrogens is 655 g/mol. The van der Waals surface area contributed by atoms with Crippen LogP contribution in [0.15, 0.2) is 64.3 Å². The quantitative estimate of drug-likeness (QED) is 0.0950. The number of ether oxygens (including phenoxy) is 1. The predicted molar refractivity (Wildman–Crippen MR) is 173 cm³/mol. The molecule has 3 aromatic carbocycles.